The van der Waals surface area contributed by atoms with Crippen molar-refractivity contribution in [3.63, 3.8) is 0 Å². The number of benzene rings is 2. The van der Waals surface area contributed by atoms with Crippen LogP contribution in [-0.4, -0.2) is 80.5 Å². The minimum Gasteiger partial charge on any atom is -0.379 e. The molecular weight excluding hydrogens is 623 g/mol. The van der Waals surface area contributed by atoms with Gasteiger partial charge in [-0.05, 0) is 68.7 Å². The number of anilines is 1. The van der Waals surface area contributed by atoms with Crippen molar-refractivity contribution in [2.75, 3.05) is 44.7 Å². The summed E-state index contributed by atoms with van der Waals surface area (Å²) in [4.78, 5) is 34.5. The van der Waals surface area contributed by atoms with Crippen molar-refractivity contribution < 1.29 is 22.7 Å². The molecule has 44 heavy (non-hydrogen) atoms. The standard InChI is InChI=1S/C32H34Cl2N4O5S/c1-19-29(35-20(2)30(19)32(40)38-10-8-21(9-11-38)37-12-14-43-15-13-37)17-24-23-16-22(6-7-28(23)36-31(24)39)44(41,42)18-25-26(33)4-3-5-27(25)34/h3-7,16-17,21,35H,8-15,18H2,1-2H3,(H,36,39)/b24-17-. The second-order valence-corrected chi connectivity index (χ2v) is 14.3. The molecule has 0 bridgehead atoms. The zero-order valence-electron chi connectivity index (χ0n) is 24.6. The van der Waals surface area contributed by atoms with Gasteiger partial charge in [-0.3, -0.25) is 14.5 Å². The molecule has 9 nitrogen and oxygen atoms in total. The average Bonchev–Trinajstić information content (AvgIpc) is 3.48. The Balaban J connectivity index is 1.24. The minimum atomic E-state index is -3.84. The van der Waals surface area contributed by atoms with E-state index in [-0.39, 0.29) is 32.5 Å². The number of nitrogens with zero attached hydrogens (tertiary/aromatic N) is 2. The number of likely N-dealkylation sites (tertiary alicyclic amines) is 1. The van der Waals surface area contributed by atoms with Gasteiger partial charge in [0.15, 0.2) is 9.84 Å². The van der Waals surface area contributed by atoms with Crippen molar-refractivity contribution in [3.05, 3.63) is 80.1 Å². The number of nitrogens with one attached hydrogen (secondary N) is 2. The Morgan fingerprint density at radius 1 is 1.05 bits per heavy atom. The van der Waals surface area contributed by atoms with E-state index in [9.17, 15) is 18.0 Å². The van der Waals surface area contributed by atoms with Gasteiger partial charge in [-0.1, -0.05) is 29.3 Å². The van der Waals surface area contributed by atoms with Gasteiger partial charge < -0.3 is 19.9 Å². The maximum Gasteiger partial charge on any atom is 0.256 e. The fraction of sp³-hybridized carbons (Fsp3) is 0.375. The second-order valence-electron chi connectivity index (χ2n) is 11.5. The lowest BCUT2D eigenvalue weighted by Crippen LogP contribution is -2.50. The fourth-order valence-corrected chi connectivity index (χ4v) is 8.49. The number of carbonyl (C=O) groups is 2. The molecule has 2 fully saturated rings. The Labute approximate surface area is 267 Å². The molecule has 12 heteroatoms. The molecule has 232 valence electrons. The molecule has 3 aromatic rings. The van der Waals surface area contributed by atoms with Crippen LogP contribution < -0.4 is 5.32 Å². The largest absolute Gasteiger partial charge is 0.379 e. The van der Waals surface area contributed by atoms with Crippen LogP contribution in [0.2, 0.25) is 10.0 Å². The van der Waals surface area contributed by atoms with Crippen molar-refractivity contribution in [1.82, 2.24) is 14.8 Å². The number of hydrogen-bond acceptors (Lipinski definition) is 6. The summed E-state index contributed by atoms with van der Waals surface area (Å²) in [6.45, 7) is 8.49. The number of piperidine rings is 1. The van der Waals surface area contributed by atoms with Gasteiger partial charge >= 0.3 is 0 Å². The highest BCUT2D eigenvalue weighted by Gasteiger charge is 2.32. The van der Waals surface area contributed by atoms with Crippen LogP contribution in [0.5, 0.6) is 0 Å². The number of rotatable bonds is 6. The quantitative estimate of drug-likeness (QED) is 0.347. The lowest BCUT2D eigenvalue weighted by atomic mass is 10.00. The average molecular weight is 658 g/mol. The molecule has 3 aliphatic heterocycles. The van der Waals surface area contributed by atoms with E-state index in [4.69, 9.17) is 27.9 Å². The number of aromatic nitrogens is 1. The van der Waals surface area contributed by atoms with Crippen LogP contribution in [-0.2, 0) is 25.1 Å². The Kier molecular flexibility index (Phi) is 8.65. The van der Waals surface area contributed by atoms with Crippen molar-refractivity contribution in [3.8, 4) is 0 Å². The molecule has 6 rings (SSSR count). The van der Waals surface area contributed by atoms with Gasteiger partial charge in [0.1, 0.15) is 0 Å². The molecule has 2 N–H and O–H groups in total. The summed E-state index contributed by atoms with van der Waals surface area (Å²) in [6.07, 6.45) is 3.54. The third-order valence-electron chi connectivity index (χ3n) is 8.82. The van der Waals surface area contributed by atoms with Crippen LogP contribution in [0.25, 0.3) is 11.6 Å². The van der Waals surface area contributed by atoms with E-state index in [1.807, 2.05) is 18.7 Å². The summed E-state index contributed by atoms with van der Waals surface area (Å²) >= 11 is 12.5. The lowest BCUT2D eigenvalue weighted by molar-refractivity contribution is -0.110. The Morgan fingerprint density at radius 3 is 2.41 bits per heavy atom. The monoisotopic (exact) mass is 656 g/mol. The summed E-state index contributed by atoms with van der Waals surface area (Å²) in [5, 5.41) is 3.35. The highest BCUT2D eigenvalue weighted by Crippen LogP contribution is 2.37. The normalized spacial score (nSPS) is 19.0. The van der Waals surface area contributed by atoms with Crippen molar-refractivity contribution in [2.45, 2.75) is 43.4 Å². The molecular formula is C32H34Cl2N4O5S. The van der Waals surface area contributed by atoms with Gasteiger partial charge in [0.25, 0.3) is 11.8 Å². The van der Waals surface area contributed by atoms with Crippen LogP contribution in [0.1, 0.15) is 51.3 Å². The molecule has 2 amide bonds. The van der Waals surface area contributed by atoms with Crippen LogP contribution in [0.4, 0.5) is 5.69 Å². The summed E-state index contributed by atoms with van der Waals surface area (Å²) in [6, 6.07) is 9.85. The Hall–Kier alpha value is -3.15. The van der Waals surface area contributed by atoms with E-state index in [0.29, 0.717) is 52.8 Å². The molecule has 1 aromatic heterocycles. The van der Waals surface area contributed by atoms with Crippen molar-refractivity contribution >= 4 is 62.2 Å². The maximum atomic E-state index is 13.7. The number of aromatic amines is 1. The molecule has 0 unspecified atom stereocenters. The number of ether oxygens (including phenoxy) is 1. The maximum absolute atomic E-state index is 13.7. The molecule has 2 aromatic carbocycles. The Morgan fingerprint density at radius 2 is 1.73 bits per heavy atom. The first-order valence-corrected chi connectivity index (χ1v) is 17.1. The molecule has 0 atom stereocenters. The number of carbonyl (C=O) groups excluding carboxylic acids is 2. The number of hydrogen-bond donors (Lipinski definition) is 2. The zero-order valence-corrected chi connectivity index (χ0v) is 26.9. The molecule has 0 aliphatic carbocycles. The molecule has 3 aliphatic rings. The first-order chi connectivity index (χ1) is 21.0. The van der Waals surface area contributed by atoms with E-state index in [1.165, 1.54) is 12.1 Å². The summed E-state index contributed by atoms with van der Waals surface area (Å²) in [7, 11) is -3.84. The van der Waals surface area contributed by atoms with Gasteiger partial charge in [0.2, 0.25) is 0 Å². The topological polar surface area (TPSA) is 112 Å². The number of aryl methyl sites for hydroxylation is 1. The molecule has 2 saturated heterocycles. The van der Waals surface area contributed by atoms with Crippen molar-refractivity contribution in [2.24, 2.45) is 0 Å². The molecule has 4 heterocycles. The minimum absolute atomic E-state index is 0.0239. The highest BCUT2D eigenvalue weighted by molar-refractivity contribution is 7.90. The van der Waals surface area contributed by atoms with Crippen LogP contribution >= 0.6 is 23.2 Å². The number of fused-ring (bicyclic) bond motifs is 1. The van der Waals surface area contributed by atoms with E-state index in [0.717, 1.165) is 50.4 Å². The molecule has 0 saturated carbocycles. The SMILES string of the molecule is Cc1[nH]c(/C=C2\C(=O)Nc3ccc(S(=O)(=O)Cc4c(Cl)cccc4Cl)cc32)c(C)c1C(=O)N1CCC(N2CCOCC2)CC1. The van der Waals surface area contributed by atoms with Crippen LogP contribution in [0.3, 0.4) is 0 Å². The Bertz CT molecular complexity index is 1750. The van der Waals surface area contributed by atoms with E-state index in [2.05, 4.69) is 15.2 Å². The van der Waals surface area contributed by atoms with Gasteiger partial charge in [0, 0.05) is 70.5 Å². The van der Waals surface area contributed by atoms with E-state index in [1.54, 1.807) is 30.3 Å². The number of halogens is 2. The summed E-state index contributed by atoms with van der Waals surface area (Å²) < 4.78 is 32.3. The van der Waals surface area contributed by atoms with E-state index < -0.39 is 9.84 Å². The van der Waals surface area contributed by atoms with Crippen LogP contribution in [0.15, 0.2) is 41.3 Å². The first kappa shape index (κ1) is 30.9. The number of morpholine rings is 1. The van der Waals surface area contributed by atoms with Gasteiger partial charge in [0.05, 0.1) is 35.0 Å². The van der Waals surface area contributed by atoms with Crippen LogP contribution in [0, 0.1) is 13.8 Å². The van der Waals surface area contributed by atoms with E-state index >= 15 is 0 Å². The summed E-state index contributed by atoms with van der Waals surface area (Å²) in [5.74, 6) is -0.757. The van der Waals surface area contributed by atoms with Gasteiger partial charge in [-0.2, -0.15) is 0 Å². The first-order valence-electron chi connectivity index (χ1n) is 14.7. The molecule has 0 spiro atoms. The third-order valence-corrected chi connectivity index (χ3v) is 11.2. The zero-order chi connectivity index (χ0) is 31.2. The third kappa shape index (κ3) is 5.93. The highest BCUT2D eigenvalue weighted by atomic mass is 35.5. The predicted molar refractivity (Wildman–Crippen MR) is 172 cm³/mol. The predicted octanol–water partition coefficient (Wildman–Crippen LogP) is 5.34. The fourth-order valence-electron chi connectivity index (χ4n) is 6.37. The summed E-state index contributed by atoms with van der Waals surface area (Å²) in [5.41, 5.74) is 4.30. The smallest absolute Gasteiger partial charge is 0.256 e. The number of H-pyrrole nitrogens is 1. The van der Waals surface area contributed by atoms with Gasteiger partial charge in [-0.15, -0.1) is 0 Å². The number of amides is 2. The number of sulfone groups is 1. The molecule has 0 radical (unpaired) electrons. The lowest BCUT2D eigenvalue weighted by Gasteiger charge is -2.40. The van der Waals surface area contributed by atoms with Crippen molar-refractivity contribution in [1.29, 1.82) is 0 Å². The second kappa shape index (κ2) is 12.3. The van der Waals surface area contributed by atoms with Gasteiger partial charge in [-0.25, -0.2) is 8.42 Å².